The Hall–Kier alpha value is -1.78. The Morgan fingerprint density at radius 3 is 2.43 bits per heavy atom. The maximum Gasteiger partial charge on any atom is 0.342 e. The molecular weight excluding hydrogens is 188 g/mol. The van der Waals surface area contributed by atoms with Crippen molar-refractivity contribution in [2.24, 2.45) is 0 Å². The monoisotopic (exact) mass is 198 g/mol. The van der Waals surface area contributed by atoms with Gasteiger partial charge in [0.2, 0.25) is 0 Å². The molecule has 0 aliphatic heterocycles. The van der Waals surface area contributed by atoms with Crippen molar-refractivity contribution in [3.8, 4) is 0 Å². The molecule has 14 heavy (non-hydrogen) atoms. The maximum absolute atomic E-state index is 11.3. The van der Waals surface area contributed by atoms with Gasteiger partial charge in [-0.1, -0.05) is 0 Å². The van der Waals surface area contributed by atoms with Crippen LogP contribution >= 0.6 is 0 Å². The van der Waals surface area contributed by atoms with Crippen molar-refractivity contribution in [3.05, 3.63) is 23.7 Å². The first-order valence-corrected chi connectivity index (χ1v) is 4.03. The Labute approximate surface area is 80.3 Å². The number of aromatic carboxylic acids is 1. The maximum atomic E-state index is 11.3. The van der Waals surface area contributed by atoms with Gasteiger partial charge in [0, 0.05) is 0 Å². The van der Waals surface area contributed by atoms with Crippen LogP contribution in [0.3, 0.4) is 0 Å². The fourth-order valence-corrected chi connectivity index (χ4v) is 0.898. The first-order valence-electron chi connectivity index (χ1n) is 4.03. The molecule has 1 aromatic rings. The van der Waals surface area contributed by atoms with Gasteiger partial charge in [-0.3, -0.25) is 0 Å². The zero-order valence-corrected chi connectivity index (χ0v) is 7.81. The van der Waals surface area contributed by atoms with Gasteiger partial charge < -0.3 is 14.3 Å². The third-order valence-corrected chi connectivity index (χ3v) is 1.46. The van der Waals surface area contributed by atoms with Crippen LogP contribution in [0.1, 0.15) is 34.6 Å². The van der Waals surface area contributed by atoms with E-state index in [1.807, 2.05) is 0 Å². The van der Waals surface area contributed by atoms with Crippen molar-refractivity contribution < 1.29 is 23.8 Å². The molecule has 1 N–H and O–H groups in total. The minimum atomic E-state index is -1.21. The van der Waals surface area contributed by atoms with Crippen molar-refractivity contribution in [1.82, 2.24) is 0 Å². The molecule has 0 atom stereocenters. The number of rotatable bonds is 3. The molecule has 5 nitrogen and oxygen atoms in total. The molecule has 5 heteroatoms. The SMILES string of the molecule is CC(C)OC(=O)c1cocc1C(=O)O. The molecule has 1 heterocycles. The van der Waals surface area contributed by atoms with E-state index in [9.17, 15) is 9.59 Å². The second-order valence-corrected chi connectivity index (χ2v) is 2.96. The van der Waals surface area contributed by atoms with E-state index in [0.717, 1.165) is 12.5 Å². The third-order valence-electron chi connectivity index (χ3n) is 1.46. The Kier molecular flexibility index (Phi) is 2.91. The van der Waals surface area contributed by atoms with E-state index in [2.05, 4.69) is 4.42 Å². The largest absolute Gasteiger partial charge is 0.478 e. The average Bonchev–Trinajstić information content (AvgIpc) is 2.49. The van der Waals surface area contributed by atoms with E-state index in [4.69, 9.17) is 9.84 Å². The summed E-state index contributed by atoms with van der Waals surface area (Å²) in [7, 11) is 0. The van der Waals surface area contributed by atoms with Crippen LogP contribution in [0.15, 0.2) is 16.9 Å². The predicted octanol–water partition coefficient (Wildman–Crippen LogP) is 1.54. The number of esters is 1. The Balaban J connectivity index is 2.90. The summed E-state index contributed by atoms with van der Waals surface area (Å²) in [6.07, 6.45) is 1.77. The van der Waals surface area contributed by atoms with Crippen LogP contribution in [0.5, 0.6) is 0 Å². The molecule has 0 saturated heterocycles. The van der Waals surface area contributed by atoms with Crippen molar-refractivity contribution in [1.29, 1.82) is 0 Å². The summed E-state index contributed by atoms with van der Waals surface area (Å²) in [6.45, 7) is 3.36. The van der Waals surface area contributed by atoms with Gasteiger partial charge in [-0.15, -0.1) is 0 Å². The number of carboxylic acid groups (broad SMARTS) is 1. The van der Waals surface area contributed by atoms with Crippen molar-refractivity contribution in [3.63, 3.8) is 0 Å². The molecule has 0 aliphatic carbocycles. The summed E-state index contributed by atoms with van der Waals surface area (Å²) in [5.41, 5.74) is -0.248. The molecule has 0 spiro atoms. The lowest BCUT2D eigenvalue weighted by Gasteiger charge is -2.06. The highest BCUT2D eigenvalue weighted by Gasteiger charge is 2.20. The molecule has 0 unspecified atom stereocenters. The number of ether oxygens (including phenoxy) is 1. The molecule has 1 rings (SSSR count). The molecule has 0 aliphatic rings. The number of carbonyl (C=O) groups is 2. The fraction of sp³-hybridized carbons (Fsp3) is 0.333. The van der Waals surface area contributed by atoms with Crippen molar-refractivity contribution >= 4 is 11.9 Å². The topological polar surface area (TPSA) is 76.7 Å². The van der Waals surface area contributed by atoms with Crippen LogP contribution in [-0.4, -0.2) is 23.1 Å². The zero-order valence-electron chi connectivity index (χ0n) is 7.81. The van der Waals surface area contributed by atoms with E-state index < -0.39 is 11.9 Å². The highest BCUT2D eigenvalue weighted by Crippen LogP contribution is 2.12. The van der Waals surface area contributed by atoms with Crippen molar-refractivity contribution in [2.75, 3.05) is 0 Å². The van der Waals surface area contributed by atoms with Crippen LogP contribution in [0.25, 0.3) is 0 Å². The molecule has 76 valence electrons. The van der Waals surface area contributed by atoms with E-state index in [1.54, 1.807) is 13.8 Å². The number of carbonyl (C=O) groups excluding carboxylic acids is 1. The number of furan rings is 1. The van der Waals surface area contributed by atoms with Crippen LogP contribution < -0.4 is 0 Å². The van der Waals surface area contributed by atoms with Crippen LogP contribution in [0.4, 0.5) is 0 Å². The highest BCUT2D eigenvalue weighted by atomic mass is 16.5. The minimum Gasteiger partial charge on any atom is -0.478 e. The van der Waals surface area contributed by atoms with Gasteiger partial charge in [0.05, 0.1) is 6.10 Å². The summed E-state index contributed by atoms with van der Waals surface area (Å²) >= 11 is 0. The van der Waals surface area contributed by atoms with E-state index in [-0.39, 0.29) is 17.2 Å². The molecule has 0 saturated carbocycles. The number of hydrogen-bond acceptors (Lipinski definition) is 4. The summed E-state index contributed by atoms with van der Waals surface area (Å²) < 4.78 is 9.45. The number of hydrogen-bond donors (Lipinski definition) is 1. The van der Waals surface area contributed by atoms with Gasteiger partial charge in [0.15, 0.2) is 0 Å². The van der Waals surface area contributed by atoms with Gasteiger partial charge in [-0.25, -0.2) is 9.59 Å². The number of carboxylic acids is 1. The summed E-state index contributed by atoms with van der Waals surface area (Å²) in [5.74, 6) is -1.90. The standard InChI is InChI=1S/C9H10O5/c1-5(2)14-9(12)7-4-13-3-6(7)8(10)11/h3-5H,1-2H3,(H,10,11). The van der Waals surface area contributed by atoms with Gasteiger partial charge in [0.25, 0.3) is 0 Å². The lowest BCUT2D eigenvalue weighted by molar-refractivity contribution is 0.0370. The van der Waals surface area contributed by atoms with Crippen LogP contribution in [-0.2, 0) is 4.74 Å². The molecule has 0 aromatic carbocycles. The average molecular weight is 198 g/mol. The molecule has 0 radical (unpaired) electrons. The second kappa shape index (κ2) is 3.95. The molecule has 0 fully saturated rings. The van der Waals surface area contributed by atoms with Gasteiger partial charge in [-0.05, 0) is 13.8 Å². The fourth-order valence-electron chi connectivity index (χ4n) is 0.898. The smallest absolute Gasteiger partial charge is 0.342 e. The first-order chi connectivity index (χ1) is 6.52. The van der Waals surface area contributed by atoms with E-state index >= 15 is 0 Å². The normalized spacial score (nSPS) is 10.2. The van der Waals surface area contributed by atoms with Crippen molar-refractivity contribution in [2.45, 2.75) is 20.0 Å². The summed E-state index contributed by atoms with van der Waals surface area (Å²) in [5, 5.41) is 8.67. The van der Waals surface area contributed by atoms with E-state index in [1.165, 1.54) is 0 Å². The lowest BCUT2D eigenvalue weighted by atomic mass is 10.2. The molecule has 1 aromatic heterocycles. The zero-order chi connectivity index (χ0) is 10.7. The third kappa shape index (κ3) is 2.12. The Morgan fingerprint density at radius 1 is 1.36 bits per heavy atom. The van der Waals surface area contributed by atoms with Crippen LogP contribution in [0, 0.1) is 0 Å². The van der Waals surface area contributed by atoms with Gasteiger partial charge in [0.1, 0.15) is 23.7 Å². The summed E-state index contributed by atoms with van der Waals surface area (Å²) in [4.78, 5) is 21.9. The van der Waals surface area contributed by atoms with Gasteiger partial charge >= 0.3 is 11.9 Å². The molecule has 0 bridgehead atoms. The first kappa shape index (κ1) is 10.3. The Bertz CT molecular complexity index is 350. The van der Waals surface area contributed by atoms with E-state index in [0.29, 0.717) is 0 Å². The van der Waals surface area contributed by atoms with Gasteiger partial charge in [-0.2, -0.15) is 0 Å². The quantitative estimate of drug-likeness (QED) is 0.745. The second-order valence-electron chi connectivity index (χ2n) is 2.96. The summed E-state index contributed by atoms with van der Waals surface area (Å²) in [6, 6.07) is 0. The molecule has 0 amide bonds. The van der Waals surface area contributed by atoms with Crippen LogP contribution in [0.2, 0.25) is 0 Å². The lowest BCUT2D eigenvalue weighted by Crippen LogP contribution is -2.13. The Morgan fingerprint density at radius 2 is 1.93 bits per heavy atom. The molecular formula is C9H10O5. The minimum absolute atomic E-state index is 0.0637. The predicted molar refractivity (Wildman–Crippen MR) is 46.2 cm³/mol. The highest BCUT2D eigenvalue weighted by molar-refractivity contribution is 6.02.